The summed E-state index contributed by atoms with van der Waals surface area (Å²) in [6, 6.07) is 15.4. The Hall–Kier alpha value is -2.92. The average Bonchev–Trinajstić information content (AvgIpc) is 3.03. The van der Waals surface area contributed by atoms with Crippen LogP contribution in [0.2, 0.25) is 5.02 Å². The van der Waals surface area contributed by atoms with Crippen LogP contribution in [0.15, 0.2) is 59.8 Å². The van der Waals surface area contributed by atoms with Gasteiger partial charge in [0.2, 0.25) is 0 Å². The molecule has 0 aliphatic carbocycles. The molecular weight excluding hydrogens is 322 g/mol. The molecule has 4 aromatic rings. The Morgan fingerprint density at radius 1 is 1.12 bits per heavy atom. The summed E-state index contributed by atoms with van der Waals surface area (Å²) >= 11 is 6.02. The lowest BCUT2D eigenvalue weighted by Gasteiger charge is -2.06. The number of hydrogen-bond acceptors (Lipinski definition) is 4. The van der Waals surface area contributed by atoms with Crippen molar-refractivity contribution >= 4 is 44.9 Å². The molecule has 2 heterocycles. The summed E-state index contributed by atoms with van der Waals surface area (Å²) in [4.78, 5) is 12.1. The minimum Gasteiger partial charge on any atom is -0.337 e. The number of para-hydroxylation sites is 2. The van der Waals surface area contributed by atoms with Gasteiger partial charge in [0.1, 0.15) is 5.71 Å². The van der Waals surface area contributed by atoms with Gasteiger partial charge in [-0.25, -0.2) is 4.98 Å². The van der Waals surface area contributed by atoms with Gasteiger partial charge >= 0.3 is 0 Å². The van der Waals surface area contributed by atoms with Crippen LogP contribution in [0.4, 0.5) is 5.69 Å². The second-order valence-corrected chi connectivity index (χ2v) is 5.87. The minimum atomic E-state index is 0.661. The Labute approximate surface area is 143 Å². The summed E-state index contributed by atoms with van der Waals surface area (Å²) in [5.41, 5.74) is 7.47. The van der Waals surface area contributed by atoms with E-state index in [1.54, 1.807) is 6.20 Å². The normalized spacial score (nSPS) is 12.0. The third-order valence-electron chi connectivity index (χ3n) is 3.78. The lowest BCUT2D eigenvalue weighted by atomic mass is 10.2. The molecule has 24 heavy (non-hydrogen) atoms. The molecule has 0 saturated carbocycles. The van der Waals surface area contributed by atoms with Crippen molar-refractivity contribution in [1.82, 2.24) is 15.0 Å². The van der Waals surface area contributed by atoms with Crippen LogP contribution in [-0.4, -0.2) is 20.7 Å². The van der Waals surface area contributed by atoms with E-state index in [2.05, 4.69) is 25.5 Å². The maximum absolute atomic E-state index is 6.02. The van der Waals surface area contributed by atoms with Gasteiger partial charge in [0, 0.05) is 16.6 Å². The van der Waals surface area contributed by atoms with Crippen molar-refractivity contribution in [3.8, 4) is 0 Å². The maximum atomic E-state index is 6.02. The van der Waals surface area contributed by atoms with Gasteiger partial charge in [-0.1, -0.05) is 23.7 Å². The van der Waals surface area contributed by atoms with Crippen molar-refractivity contribution in [2.24, 2.45) is 5.10 Å². The summed E-state index contributed by atoms with van der Waals surface area (Å²) in [6.07, 6.45) is 1.73. The van der Waals surface area contributed by atoms with Crippen LogP contribution >= 0.6 is 11.6 Å². The quantitative estimate of drug-likeness (QED) is 0.424. The first-order valence-electron chi connectivity index (χ1n) is 7.50. The molecule has 6 heteroatoms. The van der Waals surface area contributed by atoms with Crippen LogP contribution in [0.1, 0.15) is 12.7 Å². The van der Waals surface area contributed by atoms with E-state index in [0.717, 1.165) is 39.2 Å². The van der Waals surface area contributed by atoms with Gasteiger partial charge in [0.25, 0.3) is 0 Å². The fraction of sp³-hybridized carbons (Fsp3) is 0.0556. The topological polar surface area (TPSA) is 66.0 Å². The van der Waals surface area contributed by atoms with E-state index < -0.39 is 0 Å². The molecule has 0 atom stereocenters. The van der Waals surface area contributed by atoms with Crippen molar-refractivity contribution in [3.05, 3.63) is 65.6 Å². The highest BCUT2D eigenvalue weighted by molar-refractivity contribution is 6.31. The molecule has 0 aliphatic heterocycles. The number of nitrogens with one attached hydrogen (secondary N) is 2. The zero-order valence-corrected chi connectivity index (χ0v) is 13.7. The Balaban J connectivity index is 1.67. The number of hydrazone groups is 1. The molecule has 0 spiro atoms. The first-order chi connectivity index (χ1) is 11.7. The lowest BCUT2D eigenvalue weighted by molar-refractivity contribution is 1.24. The van der Waals surface area contributed by atoms with Gasteiger partial charge in [-0.15, -0.1) is 0 Å². The van der Waals surface area contributed by atoms with Crippen LogP contribution in [0.3, 0.4) is 0 Å². The minimum absolute atomic E-state index is 0.661. The maximum Gasteiger partial charge on any atom is 0.154 e. The second kappa shape index (κ2) is 5.94. The molecule has 2 aromatic carbocycles. The Morgan fingerprint density at radius 2 is 2.00 bits per heavy atom. The third-order valence-corrected chi connectivity index (χ3v) is 4.02. The molecule has 0 fully saturated rings. The Kier molecular flexibility index (Phi) is 3.63. The molecule has 0 aliphatic rings. The first kappa shape index (κ1) is 14.7. The smallest absolute Gasteiger partial charge is 0.154 e. The number of H-pyrrole nitrogens is 1. The van der Waals surface area contributed by atoms with E-state index in [9.17, 15) is 0 Å². The van der Waals surface area contributed by atoms with Crippen molar-refractivity contribution in [2.75, 3.05) is 5.43 Å². The zero-order valence-electron chi connectivity index (χ0n) is 12.9. The third kappa shape index (κ3) is 2.70. The average molecular weight is 336 g/mol. The van der Waals surface area contributed by atoms with Crippen LogP contribution in [0.5, 0.6) is 0 Å². The summed E-state index contributed by atoms with van der Waals surface area (Å²) in [6.45, 7) is 1.91. The van der Waals surface area contributed by atoms with Gasteiger partial charge in [0.15, 0.2) is 5.82 Å². The predicted molar refractivity (Wildman–Crippen MR) is 98.7 cm³/mol. The standard InChI is InChI=1S/C18H14ClN5/c1-11(18-21-15-4-2-3-5-16(15)22-18)23-24-14-8-9-20-17-10-12(19)6-7-13(14)17/h2-10H,1H3,(H,20,24)(H,21,22)/b23-11+. The number of fused-ring (bicyclic) bond motifs is 2. The lowest BCUT2D eigenvalue weighted by Crippen LogP contribution is -2.02. The number of pyridine rings is 1. The highest BCUT2D eigenvalue weighted by atomic mass is 35.5. The predicted octanol–water partition coefficient (Wildman–Crippen LogP) is 4.60. The second-order valence-electron chi connectivity index (χ2n) is 5.43. The van der Waals surface area contributed by atoms with Crippen LogP contribution in [0, 0.1) is 0 Å². The summed E-state index contributed by atoms with van der Waals surface area (Å²) in [7, 11) is 0. The van der Waals surface area contributed by atoms with Gasteiger partial charge in [-0.05, 0) is 43.3 Å². The van der Waals surface area contributed by atoms with Crippen molar-refractivity contribution in [2.45, 2.75) is 6.92 Å². The number of benzene rings is 2. The SMILES string of the molecule is C/C(=N\Nc1ccnc2cc(Cl)ccc12)c1nc2ccccc2[nH]1. The monoisotopic (exact) mass is 335 g/mol. The van der Waals surface area contributed by atoms with Gasteiger partial charge in [-0.3, -0.25) is 10.4 Å². The number of imidazole rings is 1. The Bertz CT molecular complexity index is 1030. The van der Waals surface area contributed by atoms with Crippen molar-refractivity contribution in [1.29, 1.82) is 0 Å². The van der Waals surface area contributed by atoms with Crippen LogP contribution < -0.4 is 5.43 Å². The number of nitrogens with zero attached hydrogens (tertiary/aromatic N) is 3. The van der Waals surface area contributed by atoms with E-state index >= 15 is 0 Å². The number of anilines is 1. The molecule has 4 rings (SSSR count). The molecule has 0 radical (unpaired) electrons. The van der Waals surface area contributed by atoms with Crippen molar-refractivity contribution in [3.63, 3.8) is 0 Å². The fourth-order valence-corrected chi connectivity index (χ4v) is 2.71. The number of hydrogen-bond donors (Lipinski definition) is 2. The zero-order chi connectivity index (χ0) is 16.5. The van der Waals surface area contributed by atoms with Gasteiger partial charge in [-0.2, -0.15) is 5.10 Å². The van der Waals surface area contributed by atoms with Crippen LogP contribution in [0.25, 0.3) is 21.9 Å². The molecule has 5 nitrogen and oxygen atoms in total. The molecule has 0 saturated heterocycles. The summed E-state index contributed by atoms with van der Waals surface area (Å²) in [5.74, 6) is 0.741. The highest BCUT2D eigenvalue weighted by Crippen LogP contribution is 2.24. The van der Waals surface area contributed by atoms with E-state index in [0.29, 0.717) is 5.02 Å². The Morgan fingerprint density at radius 3 is 2.88 bits per heavy atom. The number of rotatable bonds is 3. The summed E-state index contributed by atoms with van der Waals surface area (Å²) in [5, 5.41) is 6.07. The molecule has 0 bridgehead atoms. The number of aromatic amines is 1. The van der Waals surface area contributed by atoms with Gasteiger partial charge < -0.3 is 4.98 Å². The van der Waals surface area contributed by atoms with Crippen molar-refractivity contribution < 1.29 is 0 Å². The fourth-order valence-electron chi connectivity index (χ4n) is 2.54. The number of aromatic nitrogens is 3. The van der Waals surface area contributed by atoms with E-state index in [1.807, 2.05) is 55.5 Å². The van der Waals surface area contributed by atoms with Gasteiger partial charge in [0.05, 0.1) is 22.2 Å². The largest absolute Gasteiger partial charge is 0.337 e. The molecule has 118 valence electrons. The summed E-state index contributed by atoms with van der Waals surface area (Å²) < 4.78 is 0. The van der Waals surface area contributed by atoms with Crippen LogP contribution in [-0.2, 0) is 0 Å². The molecule has 0 amide bonds. The van der Waals surface area contributed by atoms with E-state index in [-0.39, 0.29) is 0 Å². The van der Waals surface area contributed by atoms with E-state index in [1.165, 1.54) is 0 Å². The first-order valence-corrected chi connectivity index (χ1v) is 7.88. The van der Waals surface area contributed by atoms with E-state index in [4.69, 9.17) is 11.6 Å². The molecule has 2 N–H and O–H groups in total. The highest BCUT2D eigenvalue weighted by Gasteiger charge is 2.06. The number of halogens is 1. The molecule has 0 unspecified atom stereocenters. The molecular formula is C18H14ClN5. The molecule has 2 aromatic heterocycles.